The zero-order valence-electron chi connectivity index (χ0n) is 24.7. The van der Waals surface area contributed by atoms with Crippen LogP contribution >= 0.6 is 0 Å². The van der Waals surface area contributed by atoms with Crippen molar-refractivity contribution in [3.8, 4) is 17.6 Å². The number of hydrogen-bond donors (Lipinski definition) is 1. The molecule has 1 N–H and O–H groups in total. The number of amides is 1. The third-order valence-electron chi connectivity index (χ3n) is 6.63. The number of benzene rings is 1. The van der Waals surface area contributed by atoms with Gasteiger partial charge in [0.25, 0.3) is 0 Å². The molecule has 0 aromatic heterocycles. The summed E-state index contributed by atoms with van der Waals surface area (Å²) < 4.78 is 84.3. The van der Waals surface area contributed by atoms with Gasteiger partial charge in [-0.05, 0) is 37.5 Å². The molecule has 2 atom stereocenters. The topological polar surface area (TPSA) is 102 Å². The van der Waals surface area contributed by atoms with Gasteiger partial charge in [0.2, 0.25) is 11.6 Å². The van der Waals surface area contributed by atoms with E-state index < -0.39 is 46.6 Å². The molecule has 2 aliphatic rings. The van der Waals surface area contributed by atoms with Gasteiger partial charge in [-0.1, -0.05) is 6.92 Å². The summed E-state index contributed by atoms with van der Waals surface area (Å²) in [5.41, 5.74) is -0.566. The van der Waals surface area contributed by atoms with Crippen LogP contribution in [-0.2, 0) is 34.9 Å². The highest BCUT2D eigenvalue weighted by molar-refractivity contribution is 5.73. The van der Waals surface area contributed by atoms with Crippen molar-refractivity contribution in [2.45, 2.75) is 51.9 Å². The van der Waals surface area contributed by atoms with Crippen molar-refractivity contribution in [2.24, 2.45) is 11.8 Å². The van der Waals surface area contributed by atoms with E-state index in [1.165, 1.54) is 46.1 Å². The molecule has 2 aliphatic carbocycles. The molecule has 1 saturated carbocycles. The summed E-state index contributed by atoms with van der Waals surface area (Å²) in [6.45, 7) is 3.63. The van der Waals surface area contributed by atoms with E-state index in [1.54, 1.807) is 0 Å². The molecule has 0 radical (unpaired) electrons. The van der Waals surface area contributed by atoms with Gasteiger partial charge in [-0.15, -0.1) is 11.8 Å². The summed E-state index contributed by atoms with van der Waals surface area (Å²) in [7, 11) is 1.27. The second-order valence-electron chi connectivity index (χ2n) is 9.70. The summed E-state index contributed by atoms with van der Waals surface area (Å²) in [4.78, 5) is 22.6. The van der Waals surface area contributed by atoms with E-state index in [0.717, 1.165) is 11.8 Å². The van der Waals surface area contributed by atoms with Gasteiger partial charge >= 0.3 is 12.1 Å². The van der Waals surface area contributed by atoms with Crippen LogP contribution in [0.3, 0.4) is 0 Å². The number of carbonyl (C=O) groups excluding carboxylic acids is 2. The SMILES string of the molecule is C1#CCCC2CC2CC1.CCc1c(F)c(F)c(F)c(F)c1OC(=O)CCOCCOCCOCCOCCNC(=O)OC.[HH]. The summed E-state index contributed by atoms with van der Waals surface area (Å²) >= 11 is 0. The standard InChI is InChI=1S/C21H29F4NO8.C9H12.H2/c1-3-14-16(22)17(23)18(24)19(25)20(14)34-15(27)4-6-30-8-10-32-12-13-33-11-9-31-7-5-26-21(28)29-2;1-2-4-6-9-7-8(9)5-3-1;/h3-13H2,1-2H3,(H,26,28);8-9H,3-7H2;1H. The normalized spacial score (nSPS) is 16.8. The average molecular weight is 622 g/mol. The molecule has 1 fully saturated rings. The maximum absolute atomic E-state index is 13.9. The van der Waals surface area contributed by atoms with Gasteiger partial charge in [0.05, 0.1) is 66.4 Å². The maximum Gasteiger partial charge on any atom is 0.406 e. The molecule has 1 amide bonds. The quantitative estimate of drug-likeness (QED) is 0.0495. The van der Waals surface area contributed by atoms with E-state index in [4.69, 9.17) is 23.7 Å². The lowest BCUT2D eigenvalue weighted by atomic mass is 10.1. The number of methoxy groups -OCH3 is 1. The maximum atomic E-state index is 13.9. The van der Waals surface area contributed by atoms with Gasteiger partial charge in [0.15, 0.2) is 17.4 Å². The third kappa shape index (κ3) is 13.9. The van der Waals surface area contributed by atoms with Gasteiger partial charge in [-0.3, -0.25) is 4.79 Å². The Kier molecular flexibility index (Phi) is 17.6. The highest BCUT2D eigenvalue weighted by atomic mass is 19.2. The Morgan fingerprint density at radius 2 is 1.30 bits per heavy atom. The van der Waals surface area contributed by atoms with E-state index in [0.29, 0.717) is 39.6 Å². The van der Waals surface area contributed by atoms with Crippen molar-refractivity contribution in [1.29, 1.82) is 0 Å². The molecule has 13 heteroatoms. The number of nitrogens with one attached hydrogen (secondary N) is 1. The predicted molar refractivity (Wildman–Crippen MR) is 150 cm³/mol. The Morgan fingerprint density at radius 3 is 1.84 bits per heavy atom. The van der Waals surface area contributed by atoms with E-state index in [-0.39, 0.29) is 34.1 Å². The summed E-state index contributed by atoms with van der Waals surface area (Å²) in [6.07, 6.45) is 5.56. The van der Waals surface area contributed by atoms with Gasteiger partial charge in [-0.2, -0.15) is 4.39 Å². The summed E-state index contributed by atoms with van der Waals surface area (Å²) in [5, 5.41) is 2.46. The summed E-state index contributed by atoms with van der Waals surface area (Å²) in [6, 6.07) is 0. The number of halogens is 4. The minimum atomic E-state index is -2.05. The van der Waals surface area contributed by atoms with E-state index in [9.17, 15) is 27.2 Å². The molecule has 43 heavy (non-hydrogen) atoms. The number of ether oxygens (including phenoxy) is 6. The highest BCUT2D eigenvalue weighted by Crippen LogP contribution is 2.45. The van der Waals surface area contributed by atoms with Crippen molar-refractivity contribution in [2.75, 3.05) is 66.5 Å². The molecule has 0 aliphatic heterocycles. The first-order valence-electron chi connectivity index (χ1n) is 14.4. The predicted octanol–water partition coefficient (Wildman–Crippen LogP) is 4.97. The lowest BCUT2D eigenvalue weighted by Gasteiger charge is -2.12. The Morgan fingerprint density at radius 1 is 0.791 bits per heavy atom. The van der Waals surface area contributed by atoms with Crippen LogP contribution in [-0.4, -0.2) is 78.6 Å². The number of carbonyl (C=O) groups is 2. The minimum Gasteiger partial charge on any atom is -0.453 e. The Balaban J connectivity index is 0.000000811. The largest absolute Gasteiger partial charge is 0.453 e. The lowest BCUT2D eigenvalue weighted by Crippen LogP contribution is -2.27. The smallest absolute Gasteiger partial charge is 0.406 e. The van der Waals surface area contributed by atoms with E-state index in [1.807, 2.05) is 0 Å². The van der Waals surface area contributed by atoms with E-state index in [2.05, 4.69) is 21.9 Å². The first-order valence-corrected chi connectivity index (χ1v) is 14.4. The molecular weight excluding hydrogens is 578 g/mol. The van der Waals surface area contributed by atoms with Crippen LogP contribution in [0.4, 0.5) is 22.4 Å². The third-order valence-corrected chi connectivity index (χ3v) is 6.63. The number of rotatable bonds is 17. The Labute approximate surface area is 251 Å². The van der Waals surface area contributed by atoms with Crippen molar-refractivity contribution in [3.05, 3.63) is 28.8 Å². The minimum absolute atomic E-state index is 0. The second-order valence-corrected chi connectivity index (χ2v) is 9.70. The monoisotopic (exact) mass is 621 g/mol. The van der Waals surface area contributed by atoms with Crippen LogP contribution in [0.15, 0.2) is 0 Å². The van der Waals surface area contributed by atoms with Crippen LogP contribution in [0, 0.1) is 46.9 Å². The zero-order chi connectivity index (χ0) is 31.5. The Hall–Kier alpha value is -2.92. The van der Waals surface area contributed by atoms with Crippen molar-refractivity contribution < 1.29 is 57.0 Å². The number of hydrogen-bond acceptors (Lipinski definition) is 8. The number of fused-ring (bicyclic) bond motifs is 1. The molecule has 3 rings (SSSR count). The molecule has 9 nitrogen and oxygen atoms in total. The van der Waals surface area contributed by atoms with Gasteiger partial charge in [-0.25, -0.2) is 18.0 Å². The first-order chi connectivity index (χ1) is 20.8. The zero-order valence-corrected chi connectivity index (χ0v) is 24.7. The van der Waals surface area contributed by atoms with Gasteiger partial charge < -0.3 is 33.7 Å². The van der Waals surface area contributed by atoms with Gasteiger partial charge in [0, 0.05) is 26.4 Å². The number of alkyl carbamates (subject to hydrolysis) is 1. The molecule has 0 spiro atoms. The molecule has 1 aromatic carbocycles. The number of esters is 1. The average Bonchev–Trinajstić information content (AvgIpc) is 3.73. The Bertz CT molecular complexity index is 1070. The molecular formula is C30H43F4NO8. The molecule has 0 bridgehead atoms. The second kappa shape index (κ2) is 20.9. The first kappa shape index (κ1) is 36.3. The fourth-order valence-corrected chi connectivity index (χ4v) is 4.17. The van der Waals surface area contributed by atoms with Crippen molar-refractivity contribution >= 4 is 12.1 Å². The molecule has 1 aromatic rings. The van der Waals surface area contributed by atoms with Crippen molar-refractivity contribution in [1.82, 2.24) is 5.32 Å². The highest BCUT2D eigenvalue weighted by Gasteiger charge is 2.35. The molecule has 2 unspecified atom stereocenters. The molecule has 0 saturated heterocycles. The van der Waals surface area contributed by atoms with Crippen LogP contribution < -0.4 is 10.1 Å². The lowest BCUT2D eigenvalue weighted by molar-refractivity contribution is -0.136. The summed E-state index contributed by atoms with van der Waals surface area (Å²) in [5.74, 6) is -0.757. The van der Waals surface area contributed by atoms with E-state index >= 15 is 0 Å². The fourth-order valence-electron chi connectivity index (χ4n) is 4.17. The van der Waals surface area contributed by atoms with Crippen LogP contribution in [0.25, 0.3) is 0 Å². The van der Waals surface area contributed by atoms with Crippen molar-refractivity contribution in [3.63, 3.8) is 0 Å². The van der Waals surface area contributed by atoms with Crippen LogP contribution in [0.5, 0.6) is 5.75 Å². The molecule has 0 heterocycles. The van der Waals surface area contributed by atoms with Crippen LogP contribution in [0.1, 0.15) is 52.4 Å². The van der Waals surface area contributed by atoms with Gasteiger partial charge in [0.1, 0.15) is 0 Å². The fraction of sp³-hybridized carbons (Fsp3) is 0.667. The van der Waals surface area contributed by atoms with Crippen LogP contribution in [0.2, 0.25) is 0 Å². The molecule has 244 valence electrons.